The van der Waals surface area contributed by atoms with Crippen LogP contribution in [0.5, 0.6) is 5.75 Å². The minimum Gasteiger partial charge on any atom is -0.497 e. The van der Waals surface area contributed by atoms with Crippen LogP contribution in [0.2, 0.25) is 0 Å². The number of sulfonamides is 1. The highest BCUT2D eigenvalue weighted by molar-refractivity contribution is 7.89. The molecule has 1 aliphatic rings. The van der Waals surface area contributed by atoms with Crippen molar-refractivity contribution in [1.29, 1.82) is 0 Å². The summed E-state index contributed by atoms with van der Waals surface area (Å²) in [5.41, 5.74) is 0.975. The number of ether oxygens (including phenoxy) is 1. The molecule has 11 heteroatoms. The van der Waals surface area contributed by atoms with E-state index in [2.05, 4.69) is 10.1 Å². The summed E-state index contributed by atoms with van der Waals surface area (Å²) in [6.07, 6.45) is 5.65. The Bertz CT molecular complexity index is 1530. The standard InChI is InChI=1S/C26H26N4O5S2/c1-18-6-3-4-14-29(18)37(32,33)22-11-8-19(9-12-22)25(31)30(27-17-21-7-5-15-35-21)26-28-23-13-10-20(34-2)16-24(23)36-26/h5,7-13,15-18H,3-4,6,14H2,1-2H3/b27-17+. The van der Waals surface area contributed by atoms with Crippen molar-refractivity contribution in [1.82, 2.24) is 9.29 Å². The fourth-order valence-corrected chi connectivity index (χ4v) is 6.88. The first-order valence-corrected chi connectivity index (χ1v) is 14.1. The quantitative estimate of drug-likeness (QED) is 0.238. The number of carbonyl (C=O) groups is 1. The van der Waals surface area contributed by atoms with Crippen LogP contribution in [-0.2, 0) is 10.0 Å². The number of nitrogens with zero attached hydrogens (tertiary/aromatic N) is 4. The van der Waals surface area contributed by atoms with E-state index in [1.807, 2.05) is 19.1 Å². The number of amides is 1. The van der Waals surface area contributed by atoms with E-state index in [4.69, 9.17) is 9.15 Å². The molecule has 0 spiro atoms. The van der Waals surface area contributed by atoms with Gasteiger partial charge in [-0.2, -0.15) is 14.4 Å². The van der Waals surface area contributed by atoms with Crippen LogP contribution in [0.4, 0.5) is 5.13 Å². The Labute approximate surface area is 219 Å². The smallest absolute Gasteiger partial charge is 0.280 e. The largest absolute Gasteiger partial charge is 0.497 e. The second-order valence-corrected chi connectivity index (χ2v) is 11.6. The highest BCUT2D eigenvalue weighted by Gasteiger charge is 2.31. The van der Waals surface area contributed by atoms with Gasteiger partial charge in [-0.1, -0.05) is 17.8 Å². The molecule has 192 valence electrons. The van der Waals surface area contributed by atoms with Crippen LogP contribution >= 0.6 is 11.3 Å². The maximum Gasteiger partial charge on any atom is 0.280 e. The van der Waals surface area contributed by atoms with Crippen molar-refractivity contribution in [2.45, 2.75) is 37.1 Å². The number of hydrazone groups is 1. The molecule has 0 saturated carbocycles. The van der Waals surface area contributed by atoms with Crippen LogP contribution in [0.15, 0.2) is 75.3 Å². The first kappa shape index (κ1) is 25.1. The summed E-state index contributed by atoms with van der Waals surface area (Å²) >= 11 is 1.29. The van der Waals surface area contributed by atoms with E-state index in [1.165, 1.54) is 53.1 Å². The Balaban J connectivity index is 1.47. The number of aromatic nitrogens is 1. The zero-order chi connectivity index (χ0) is 26.0. The third-order valence-electron chi connectivity index (χ3n) is 6.25. The van der Waals surface area contributed by atoms with E-state index in [1.54, 1.807) is 29.6 Å². The van der Waals surface area contributed by atoms with E-state index in [9.17, 15) is 13.2 Å². The Kier molecular flexibility index (Phi) is 7.09. The fraction of sp³-hybridized carbons (Fsp3) is 0.269. The lowest BCUT2D eigenvalue weighted by atomic mass is 10.1. The molecule has 0 N–H and O–H groups in total. The first-order valence-electron chi connectivity index (χ1n) is 11.9. The van der Waals surface area contributed by atoms with E-state index >= 15 is 0 Å². The van der Waals surface area contributed by atoms with Crippen LogP contribution in [-0.4, -0.2) is 49.5 Å². The molecule has 1 amide bonds. The van der Waals surface area contributed by atoms with E-state index in [0.717, 1.165) is 24.0 Å². The topological polar surface area (TPSA) is 105 Å². The molecule has 0 bridgehead atoms. The van der Waals surface area contributed by atoms with Crippen molar-refractivity contribution in [3.63, 3.8) is 0 Å². The fourth-order valence-electron chi connectivity index (χ4n) is 4.23. The predicted molar refractivity (Wildman–Crippen MR) is 143 cm³/mol. The number of furan rings is 1. The van der Waals surface area contributed by atoms with Crippen molar-refractivity contribution >= 4 is 48.8 Å². The van der Waals surface area contributed by atoms with Gasteiger partial charge < -0.3 is 9.15 Å². The minimum atomic E-state index is -3.65. The summed E-state index contributed by atoms with van der Waals surface area (Å²) in [5.74, 6) is 0.696. The lowest BCUT2D eigenvalue weighted by Crippen LogP contribution is -2.41. The van der Waals surface area contributed by atoms with Gasteiger partial charge in [-0.15, -0.1) is 0 Å². The van der Waals surface area contributed by atoms with Gasteiger partial charge in [0.15, 0.2) is 0 Å². The molecule has 37 heavy (non-hydrogen) atoms. The molecule has 1 fully saturated rings. The van der Waals surface area contributed by atoms with Crippen LogP contribution in [0.1, 0.15) is 42.3 Å². The van der Waals surface area contributed by atoms with Gasteiger partial charge in [0, 0.05) is 18.2 Å². The summed E-state index contributed by atoms with van der Waals surface area (Å²) in [6, 6.07) is 14.8. The molecule has 1 aliphatic heterocycles. The van der Waals surface area contributed by atoms with Crippen molar-refractivity contribution in [2.75, 3.05) is 18.7 Å². The lowest BCUT2D eigenvalue weighted by molar-refractivity contribution is 0.0987. The molecule has 4 aromatic rings. The van der Waals surface area contributed by atoms with Crippen LogP contribution in [0.25, 0.3) is 10.2 Å². The summed E-state index contributed by atoms with van der Waals surface area (Å²) in [6.45, 7) is 2.43. The molecule has 3 heterocycles. The molecular formula is C26H26N4O5S2. The number of anilines is 1. The highest BCUT2D eigenvalue weighted by Crippen LogP contribution is 2.33. The highest BCUT2D eigenvalue weighted by atomic mass is 32.2. The molecule has 5 rings (SSSR count). The van der Waals surface area contributed by atoms with Gasteiger partial charge in [0.25, 0.3) is 5.91 Å². The van der Waals surface area contributed by atoms with Gasteiger partial charge in [0.05, 0.1) is 34.7 Å². The van der Waals surface area contributed by atoms with Gasteiger partial charge >= 0.3 is 0 Å². The Morgan fingerprint density at radius 2 is 2.03 bits per heavy atom. The van der Waals surface area contributed by atoms with E-state index in [0.29, 0.717) is 28.7 Å². The second kappa shape index (κ2) is 10.4. The van der Waals surface area contributed by atoms with Crippen molar-refractivity contribution < 1.29 is 22.4 Å². The van der Waals surface area contributed by atoms with Crippen LogP contribution in [0.3, 0.4) is 0 Å². The third kappa shape index (κ3) is 5.15. The number of carbonyl (C=O) groups excluding carboxylic acids is 1. The summed E-state index contributed by atoms with van der Waals surface area (Å²) in [4.78, 5) is 18.3. The molecule has 1 unspecified atom stereocenters. The third-order valence-corrected chi connectivity index (χ3v) is 9.27. The number of hydrogen-bond donors (Lipinski definition) is 0. The molecule has 9 nitrogen and oxygen atoms in total. The molecule has 1 saturated heterocycles. The maximum atomic E-state index is 13.6. The molecular weight excluding hydrogens is 512 g/mol. The molecule has 2 aromatic heterocycles. The summed E-state index contributed by atoms with van der Waals surface area (Å²) < 4.78 is 39.4. The predicted octanol–water partition coefficient (Wildman–Crippen LogP) is 5.14. The Morgan fingerprint density at radius 3 is 2.73 bits per heavy atom. The number of rotatable bonds is 7. The summed E-state index contributed by atoms with van der Waals surface area (Å²) in [7, 11) is -2.06. The molecule has 1 atom stereocenters. The number of piperidine rings is 1. The lowest BCUT2D eigenvalue weighted by Gasteiger charge is -2.32. The van der Waals surface area contributed by atoms with E-state index in [-0.39, 0.29) is 16.5 Å². The van der Waals surface area contributed by atoms with Gasteiger partial charge in [-0.3, -0.25) is 4.79 Å². The van der Waals surface area contributed by atoms with Crippen molar-refractivity contribution in [3.8, 4) is 5.75 Å². The van der Waals surface area contributed by atoms with Gasteiger partial charge in [-0.25, -0.2) is 13.4 Å². The van der Waals surface area contributed by atoms with Gasteiger partial charge in [-0.05, 0) is 74.4 Å². The zero-order valence-electron chi connectivity index (χ0n) is 20.4. The first-order chi connectivity index (χ1) is 17.9. The average Bonchev–Trinajstić information content (AvgIpc) is 3.58. The van der Waals surface area contributed by atoms with E-state index < -0.39 is 15.9 Å². The van der Waals surface area contributed by atoms with Crippen LogP contribution < -0.4 is 9.75 Å². The second-order valence-electron chi connectivity index (χ2n) is 8.69. The minimum absolute atomic E-state index is 0.0517. The number of hydrogen-bond acceptors (Lipinski definition) is 8. The SMILES string of the molecule is COc1ccc2nc(N(/N=C/c3ccco3)C(=O)c3ccc(S(=O)(=O)N4CCCCC4C)cc3)sc2c1. The number of thiazole rings is 1. The maximum absolute atomic E-state index is 13.6. The normalized spacial score (nSPS) is 16.9. The number of benzene rings is 2. The van der Waals surface area contributed by atoms with Gasteiger partial charge in [0.2, 0.25) is 15.2 Å². The summed E-state index contributed by atoms with van der Waals surface area (Å²) in [5, 5.41) is 5.91. The van der Waals surface area contributed by atoms with Crippen molar-refractivity contribution in [2.24, 2.45) is 5.10 Å². The Morgan fingerprint density at radius 1 is 1.22 bits per heavy atom. The Hall–Kier alpha value is -3.54. The average molecular weight is 539 g/mol. The van der Waals surface area contributed by atoms with Gasteiger partial charge in [0.1, 0.15) is 11.5 Å². The number of methoxy groups -OCH3 is 1. The molecule has 2 aromatic carbocycles. The molecule has 0 radical (unpaired) electrons. The molecule has 0 aliphatic carbocycles. The van der Waals surface area contributed by atoms with Crippen molar-refractivity contribution in [3.05, 3.63) is 72.2 Å². The van der Waals surface area contributed by atoms with Crippen LogP contribution in [0, 0.1) is 0 Å². The monoisotopic (exact) mass is 538 g/mol. The zero-order valence-corrected chi connectivity index (χ0v) is 22.0. The number of fused-ring (bicyclic) bond motifs is 1.